The predicted octanol–water partition coefficient (Wildman–Crippen LogP) is 10.8. The molecule has 0 aliphatic carbocycles. The zero-order valence-electron chi connectivity index (χ0n) is 22.1. The van der Waals surface area contributed by atoms with E-state index in [-0.39, 0.29) is 5.41 Å². The molecule has 0 bridgehead atoms. The second kappa shape index (κ2) is 10.3. The first-order valence-corrected chi connectivity index (χ1v) is 14.6. The SMILES string of the molecule is CC(C)(C)c1ccc2c(c1)nc(-c1c(-c3ccccc3)cccc1-c1ccccc1)n2-c1cccc(Br)c1Br. The van der Waals surface area contributed by atoms with Crippen LogP contribution in [0.3, 0.4) is 0 Å². The maximum absolute atomic E-state index is 5.40. The van der Waals surface area contributed by atoms with Crippen molar-refractivity contribution in [1.29, 1.82) is 0 Å². The maximum atomic E-state index is 5.40. The van der Waals surface area contributed by atoms with E-state index < -0.39 is 0 Å². The van der Waals surface area contributed by atoms with Gasteiger partial charge in [-0.25, -0.2) is 4.98 Å². The Hall–Kier alpha value is -3.47. The van der Waals surface area contributed by atoms with E-state index in [1.165, 1.54) is 5.56 Å². The van der Waals surface area contributed by atoms with E-state index in [2.05, 4.69) is 172 Å². The molecule has 0 unspecified atom stereocenters. The summed E-state index contributed by atoms with van der Waals surface area (Å²) in [4.78, 5) is 5.40. The van der Waals surface area contributed by atoms with E-state index in [0.29, 0.717) is 0 Å². The van der Waals surface area contributed by atoms with Gasteiger partial charge < -0.3 is 0 Å². The van der Waals surface area contributed by atoms with Gasteiger partial charge in [0.05, 0.1) is 21.2 Å². The van der Waals surface area contributed by atoms with Gasteiger partial charge in [-0.15, -0.1) is 0 Å². The quantitative estimate of drug-likeness (QED) is 0.188. The first kappa shape index (κ1) is 25.8. The molecule has 1 heterocycles. The van der Waals surface area contributed by atoms with Crippen LogP contribution in [-0.2, 0) is 5.41 Å². The molecule has 6 aromatic rings. The van der Waals surface area contributed by atoms with E-state index in [1.807, 2.05) is 0 Å². The van der Waals surface area contributed by atoms with Gasteiger partial charge in [-0.2, -0.15) is 0 Å². The van der Waals surface area contributed by atoms with Crippen molar-refractivity contribution < 1.29 is 0 Å². The molecule has 0 fully saturated rings. The molecule has 0 aliphatic heterocycles. The first-order chi connectivity index (χ1) is 18.8. The number of halogens is 2. The molecule has 0 aliphatic rings. The fourth-order valence-electron chi connectivity index (χ4n) is 5.13. The Morgan fingerprint density at radius 2 is 1.23 bits per heavy atom. The number of hydrogen-bond donors (Lipinski definition) is 0. The van der Waals surface area contributed by atoms with Crippen LogP contribution in [0, 0.1) is 0 Å². The topological polar surface area (TPSA) is 17.8 Å². The van der Waals surface area contributed by atoms with Crippen LogP contribution in [0.4, 0.5) is 0 Å². The Morgan fingerprint density at radius 3 is 1.82 bits per heavy atom. The van der Waals surface area contributed by atoms with E-state index in [1.54, 1.807) is 0 Å². The van der Waals surface area contributed by atoms with Crippen LogP contribution >= 0.6 is 31.9 Å². The molecule has 0 saturated heterocycles. The Kier molecular flexibility index (Phi) is 6.78. The highest BCUT2D eigenvalue weighted by Gasteiger charge is 2.24. The summed E-state index contributed by atoms with van der Waals surface area (Å²) in [5.41, 5.74) is 10.1. The monoisotopic (exact) mass is 634 g/mol. The Morgan fingerprint density at radius 1 is 0.641 bits per heavy atom. The summed E-state index contributed by atoms with van der Waals surface area (Å²) in [6.45, 7) is 6.74. The normalized spacial score (nSPS) is 11.7. The highest BCUT2D eigenvalue weighted by molar-refractivity contribution is 9.13. The summed E-state index contributed by atoms with van der Waals surface area (Å²) in [6, 6.07) is 40.7. The molecule has 0 saturated carbocycles. The van der Waals surface area contributed by atoms with Crippen molar-refractivity contribution in [1.82, 2.24) is 9.55 Å². The summed E-state index contributed by atoms with van der Waals surface area (Å²) in [6.07, 6.45) is 0. The smallest absolute Gasteiger partial charge is 0.147 e. The van der Waals surface area contributed by atoms with E-state index in [0.717, 1.165) is 59.3 Å². The van der Waals surface area contributed by atoms with Crippen molar-refractivity contribution in [2.75, 3.05) is 0 Å². The van der Waals surface area contributed by atoms with Crippen LogP contribution in [0.5, 0.6) is 0 Å². The van der Waals surface area contributed by atoms with E-state index >= 15 is 0 Å². The van der Waals surface area contributed by atoms with Crippen molar-refractivity contribution in [3.05, 3.63) is 130 Å². The minimum Gasteiger partial charge on any atom is -0.291 e. The van der Waals surface area contributed by atoms with E-state index in [9.17, 15) is 0 Å². The molecule has 2 nitrogen and oxygen atoms in total. The molecule has 1 aromatic heterocycles. The number of rotatable bonds is 4. The number of imidazole rings is 1. The fourth-order valence-corrected chi connectivity index (χ4v) is 5.93. The van der Waals surface area contributed by atoms with Gasteiger partial charge >= 0.3 is 0 Å². The fraction of sp³-hybridized carbons (Fsp3) is 0.114. The van der Waals surface area contributed by atoms with E-state index in [4.69, 9.17) is 4.98 Å². The highest BCUT2D eigenvalue weighted by atomic mass is 79.9. The summed E-state index contributed by atoms with van der Waals surface area (Å²) >= 11 is 7.61. The Labute approximate surface area is 246 Å². The molecule has 0 spiro atoms. The second-order valence-corrected chi connectivity index (χ2v) is 12.4. The lowest BCUT2D eigenvalue weighted by Crippen LogP contribution is -2.10. The minimum absolute atomic E-state index is 0.0195. The van der Waals surface area contributed by atoms with Crippen molar-refractivity contribution in [3.8, 4) is 39.3 Å². The van der Waals surface area contributed by atoms with Gasteiger partial charge in [0.1, 0.15) is 5.82 Å². The molecular weight excluding hydrogens is 608 g/mol. The number of nitrogens with zero attached hydrogens (tertiary/aromatic N) is 2. The second-order valence-electron chi connectivity index (χ2n) is 10.8. The zero-order chi connectivity index (χ0) is 27.1. The largest absolute Gasteiger partial charge is 0.291 e. The summed E-state index contributed by atoms with van der Waals surface area (Å²) in [5.74, 6) is 0.910. The van der Waals surface area contributed by atoms with Crippen LogP contribution in [0.2, 0.25) is 0 Å². The average Bonchev–Trinajstić information content (AvgIpc) is 3.33. The van der Waals surface area contributed by atoms with Gasteiger partial charge in [0, 0.05) is 10.0 Å². The van der Waals surface area contributed by atoms with Crippen molar-refractivity contribution in [2.24, 2.45) is 0 Å². The minimum atomic E-state index is 0.0195. The van der Waals surface area contributed by atoms with Gasteiger partial charge in [-0.1, -0.05) is 112 Å². The van der Waals surface area contributed by atoms with Crippen molar-refractivity contribution in [2.45, 2.75) is 26.2 Å². The van der Waals surface area contributed by atoms with Crippen LogP contribution in [0.25, 0.3) is 50.4 Å². The predicted molar refractivity (Wildman–Crippen MR) is 171 cm³/mol. The summed E-state index contributed by atoms with van der Waals surface area (Å²) < 4.78 is 4.29. The molecular formula is C35H28Br2N2. The lowest BCUT2D eigenvalue weighted by atomic mass is 9.87. The van der Waals surface area contributed by atoms with Crippen LogP contribution in [-0.4, -0.2) is 9.55 Å². The molecule has 0 atom stereocenters. The molecule has 5 aromatic carbocycles. The summed E-state index contributed by atoms with van der Waals surface area (Å²) in [7, 11) is 0. The zero-order valence-corrected chi connectivity index (χ0v) is 25.3. The van der Waals surface area contributed by atoms with Crippen molar-refractivity contribution in [3.63, 3.8) is 0 Å². The number of hydrogen-bond acceptors (Lipinski definition) is 1. The Bertz CT molecular complexity index is 1740. The van der Waals surface area contributed by atoms with Crippen LogP contribution < -0.4 is 0 Å². The summed E-state index contributed by atoms with van der Waals surface area (Å²) in [5, 5.41) is 0. The van der Waals surface area contributed by atoms with Gasteiger partial charge in [0.25, 0.3) is 0 Å². The van der Waals surface area contributed by atoms with Crippen LogP contribution in [0.1, 0.15) is 26.3 Å². The molecule has 0 N–H and O–H groups in total. The first-order valence-electron chi connectivity index (χ1n) is 13.0. The number of aromatic nitrogens is 2. The van der Waals surface area contributed by atoms with Gasteiger partial charge in [0.2, 0.25) is 0 Å². The maximum Gasteiger partial charge on any atom is 0.147 e. The average molecular weight is 636 g/mol. The number of fused-ring (bicyclic) bond motifs is 1. The molecule has 39 heavy (non-hydrogen) atoms. The third-order valence-electron chi connectivity index (χ3n) is 7.15. The third kappa shape index (κ3) is 4.77. The molecule has 0 amide bonds. The molecule has 6 rings (SSSR count). The molecule has 0 radical (unpaired) electrons. The molecule has 192 valence electrons. The highest BCUT2D eigenvalue weighted by Crippen LogP contribution is 2.43. The third-order valence-corrected chi connectivity index (χ3v) is 9.18. The molecule has 4 heteroatoms. The lowest BCUT2D eigenvalue weighted by molar-refractivity contribution is 0.591. The standard InChI is InChI=1S/C35H28Br2N2/c1-35(2,3)25-20-21-30-29(22-25)38-34(39(30)31-19-11-18-28(36)33(31)37)32-26(23-12-6-4-7-13-23)16-10-17-27(32)24-14-8-5-9-15-24/h4-22H,1-3H3. The lowest BCUT2D eigenvalue weighted by Gasteiger charge is -2.19. The van der Waals surface area contributed by atoms with Gasteiger partial charge in [-0.3, -0.25) is 4.57 Å². The van der Waals surface area contributed by atoms with Gasteiger partial charge in [-0.05, 0) is 89.4 Å². The van der Waals surface area contributed by atoms with Crippen molar-refractivity contribution >= 4 is 42.9 Å². The van der Waals surface area contributed by atoms with Gasteiger partial charge in [0.15, 0.2) is 0 Å². The number of benzene rings is 5. The Balaban J connectivity index is 1.77. The van der Waals surface area contributed by atoms with Crippen LogP contribution in [0.15, 0.2) is 124 Å².